The van der Waals surface area contributed by atoms with E-state index in [0.29, 0.717) is 0 Å². The zero-order valence-electron chi connectivity index (χ0n) is 10.9. The number of halogens is 2. The molecule has 1 atom stereocenters. The van der Waals surface area contributed by atoms with Crippen molar-refractivity contribution in [1.82, 2.24) is 15.1 Å². The van der Waals surface area contributed by atoms with Crippen LogP contribution in [0.4, 0.5) is 0 Å². The van der Waals surface area contributed by atoms with Crippen LogP contribution in [0.15, 0.2) is 28.9 Å². The number of nitrogens with one attached hydrogen (secondary N) is 1. The van der Waals surface area contributed by atoms with Gasteiger partial charge in [-0.1, -0.05) is 15.9 Å². The van der Waals surface area contributed by atoms with E-state index in [2.05, 4.69) is 67.1 Å². The van der Waals surface area contributed by atoms with Gasteiger partial charge in [-0.25, -0.2) is 0 Å². The van der Waals surface area contributed by atoms with Crippen molar-refractivity contribution in [3.8, 4) is 5.75 Å². The second-order valence-electron chi connectivity index (χ2n) is 4.11. The molecular weight excluding hydrogens is 421 g/mol. The molecule has 102 valence electrons. The lowest BCUT2D eigenvalue weighted by atomic mass is 10.0. The molecule has 19 heavy (non-hydrogen) atoms. The topological polar surface area (TPSA) is 39.1 Å². The summed E-state index contributed by atoms with van der Waals surface area (Å²) in [7, 11) is 5.52. The molecule has 1 unspecified atom stereocenters. The Balaban J connectivity index is 2.56. The summed E-state index contributed by atoms with van der Waals surface area (Å²) in [4.78, 5) is 0. The molecule has 0 saturated heterocycles. The van der Waals surface area contributed by atoms with E-state index in [-0.39, 0.29) is 6.04 Å². The highest BCUT2D eigenvalue weighted by Gasteiger charge is 2.23. The molecular formula is C13H15BrIN3O. The zero-order valence-corrected chi connectivity index (χ0v) is 14.7. The lowest BCUT2D eigenvalue weighted by Crippen LogP contribution is -2.21. The highest BCUT2D eigenvalue weighted by Crippen LogP contribution is 2.33. The molecule has 1 aromatic carbocycles. The largest absolute Gasteiger partial charge is 0.493 e. The fraction of sp³-hybridized carbons (Fsp3) is 0.308. The van der Waals surface area contributed by atoms with Crippen LogP contribution in [0.25, 0.3) is 0 Å². The van der Waals surface area contributed by atoms with Crippen molar-refractivity contribution in [3.63, 3.8) is 0 Å². The molecule has 0 spiro atoms. The average molecular weight is 436 g/mol. The van der Waals surface area contributed by atoms with E-state index in [1.54, 1.807) is 13.3 Å². The van der Waals surface area contributed by atoms with Crippen LogP contribution < -0.4 is 10.1 Å². The van der Waals surface area contributed by atoms with Crippen molar-refractivity contribution in [3.05, 3.63) is 43.7 Å². The second kappa shape index (κ2) is 6.23. The zero-order chi connectivity index (χ0) is 14.0. The quantitative estimate of drug-likeness (QED) is 0.750. The third kappa shape index (κ3) is 2.95. The molecule has 1 aromatic heterocycles. The molecule has 2 aromatic rings. The van der Waals surface area contributed by atoms with Gasteiger partial charge in [0.1, 0.15) is 5.69 Å². The number of nitrogens with zero attached hydrogens (tertiary/aromatic N) is 2. The molecule has 0 aliphatic carbocycles. The van der Waals surface area contributed by atoms with Crippen molar-refractivity contribution < 1.29 is 4.74 Å². The molecule has 0 bridgehead atoms. The van der Waals surface area contributed by atoms with E-state index in [1.165, 1.54) is 3.57 Å². The van der Waals surface area contributed by atoms with Gasteiger partial charge < -0.3 is 10.1 Å². The summed E-state index contributed by atoms with van der Waals surface area (Å²) in [6, 6.07) is 6.30. The van der Waals surface area contributed by atoms with Crippen LogP contribution in [0.5, 0.6) is 5.75 Å². The number of ether oxygens (including phenoxy) is 1. The van der Waals surface area contributed by atoms with E-state index >= 15 is 0 Å². The summed E-state index contributed by atoms with van der Waals surface area (Å²) in [5, 5.41) is 7.60. The summed E-state index contributed by atoms with van der Waals surface area (Å²) in [5.74, 6) is 0.785. The first kappa shape index (κ1) is 14.8. The monoisotopic (exact) mass is 435 g/mol. The standard InChI is InChI=1S/C13H15BrIN3O/c1-16-12(9-6-8(15)4-5-10(9)14)13-11(19-3)7-17-18(13)2/h4-7,12,16H,1-3H3. The smallest absolute Gasteiger partial charge is 0.161 e. The van der Waals surface area contributed by atoms with Crippen molar-refractivity contribution in [2.75, 3.05) is 14.2 Å². The number of aryl methyl sites for hydroxylation is 1. The van der Waals surface area contributed by atoms with Gasteiger partial charge in [0.25, 0.3) is 0 Å². The van der Waals surface area contributed by atoms with Crippen LogP contribution in [0.2, 0.25) is 0 Å². The predicted octanol–water partition coefficient (Wildman–Crippen LogP) is 3.10. The Hall–Kier alpha value is -0.600. The summed E-state index contributed by atoms with van der Waals surface area (Å²) in [5.41, 5.74) is 2.17. The number of hydrogen-bond acceptors (Lipinski definition) is 3. The summed E-state index contributed by atoms with van der Waals surface area (Å²) in [6.45, 7) is 0. The van der Waals surface area contributed by atoms with Crippen molar-refractivity contribution in [1.29, 1.82) is 0 Å². The number of hydrogen-bond donors (Lipinski definition) is 1. The predicted molar refractivity (Wildman–Crippen MR) is 87.5 cm³/mol. The van der Waals surface area contributed by atoms with Gasteiger partial charge in [-0.2, -0.15) is 5.10 Å². The molecule has 0 aliphatic heterocycles. The maximum atomic E-state index is 5.40. The molecule has 6 heteroatoms. The molecule has 2 rings (SSSR count). The lowest BCUT2D eigenvalue weighted by molar-refractivity contribution is 0.402. The molecule has 0 saturated carbocycles. The van der Waals surface area contributed by atoms with Gasteiger partial charge in [0.15, 0.2) is 5.75 Å². The van der Waals surface area contributed by atoms with E-state index in [0.717, 1.165) is 21.5 Å². The SMILES string of the molecule is CNC(c1cc(I)ccc1Br)c1c(OC)cnn1C. The second-order valence-corrected chi connectivity index (χ2v) is 6.21. The molecule has 0 aliphatic rings. The Morgan fingerprint density at radius 1 is 1.47 bits per heavy atom. The fourth-order valence-electron chi connectivity index (χ4n) is 2.09. The number of rotatable bonds is 4. The minimum absolute atomic E-state index is 0.0199. The number of benzene rings is 1. The minimum Gasteiger partial charge on any atom is -0.493 e. The Kier molecular flexibility index (Phi) is 4.86. The average Bonchev–Trinajstić information content (AvgIpc) is 2.76. The van der Waals surface area contributed by atoms with Crippen LogP contribution in [-0.2, 0) is 7.05 Å². The first-order valence-corrected chi connectivity index (χ1v) is 7.63. The highest BCUT2D eigenvalue weighted by atomic mass is 127. The minimum atomic E-state index is 0.0199. The molecule has 0 amide bonds. The molecule has 4 nitrogen and oxygen atoms in total. The molecule has 1 N–H and O–H groups in total. The van der Waals surface area contributed by atoms with Gasteiger partial charge >= 0.3 is 0 Å². The maximum absolute atomic E-state index is 5.40. The van der Waals surface area contributed by atoms with Crippen LogP contribution >= 0.6 is 38.5 Å². The van der Waals surface area contributed by atoms with E-state index in [4.69, 9.17) is 4.74 Å². The lowest BCUT2D eigenvalue weighted by Gasteiger charge is -2.20. The van der Waals surface area contributed by atoms with Gasteiger partial charge in [-0.3, -0.25) is 4.68 Å². The maximum Gasteiger partial charge on any atom is 0.161 e. The number of methoxy groups -OCH3 is 1. The van der Waals surface area contributed by atoms with Crippen LogP contribution in [0.3, 0.4) is 0 Å². The highest BCUT2D eigenvalue weighted by molar-refractivity contribution is 14.1. The fourth-order valence-corrected chi connectivity index (χ4v) is 3.08. The van der Waals surface area contributed by atoms with Crippen molar-refractivity contribution >= 4 is 38.5 Å². The van der Waals surface area contributed by atoms with Crippen molar-refractivity contribution in [2.24, 2.45) is 7.05 Å². The van der Waals surface area contributed by atoms with Crippen LogP contribution in [0, 0.1) is 3.57 Å². The third-order valence-electron chi connectivity index (χ3n) is 3.00. The Morgan fingerprint density at radius 2 is 2.21 bits per heavy atom. The van der Waals surface area contributed by atoms with Crippen LogP contribution in [0.1, 0.15) is 17.3 Å². The van der Waals surface area contributed by atoms with Gasteiger partial charge in [-0.15, -0.1) is 0 Å². The van der Waals surface area contributed by atoms with E-state index in [1.807, 2.05) is 18.8 Å². The van der Waals surface area contributed by atoms with Gasteiger partial charge in [0.2, 0.25) is 0 Å². The molecule has 1 heterocycles. The van der Waals surface area contributed by atoms with Crippen molar-refractivity contribution in [2.45, 2.75) is 6.04 Å². The van der Waals surface area contributed by atoms with Gasteiger partial charge in [-0.05, 0) is 53.4 Å². The first-order valence-electron chi connectivity index (χ1n) is 5.76. The normalized spacial score (nSPS) is 12.5. The Morgan fingerprint density at radius 3 is 2.84 bits per heavy atom. The third-order valence-corrected chi connectivity index (χ3v) is 4.39. The Bertz CT molecular complexity index is 585. The Labute approximate surface area is 134 Å². The van der Waals surface area contributed by atoms with Gasteiger partial charge in [0.05, 0.1) is 19.3 Å². The van der Waals surface area contributed by atoms with E-state index in [9.17, 15) is 0 Å². The first-order chi connectivity index (χ1) is 9.08. The summed E-state index contributed by atoms with van der Waals surface area (Å²) < 4.78 is 9.50. The van der Waals surface area contributed by atoms with E-state index < -0.39 is 0 Å². The number of aromatic nitrogens is 2. The molecule has 0 fully saturated rings. The van der Waals surface area contributed by atoms with Crippen LogP contribution in [-0.4, -0.2) is 23.9 Å². The summed E-state index contributed by atoms with van der Waals surface area (Å²) in [6.07, 6.45) is 1.74. The molecule has 0 radical (unpaired) electrons. The summed E-state index contributed by atoms with van der Waals surface area (Å²) >= 11 is 5.93. The van der Waals surface area contributed by atoms with Gasteiger partial charge in [0, 0.05) is 15.1 Å².